The van der Waals surface area contributed by atoms with Crippen LogP contribution in [0.3, 0.4) is 0 Å². The zero-order valence-electron chi connectivity index (χ0n) is 9.05. The number of anilines is 1. The molecule has 2 aromatic rings. The number of carbonyl (C=O) groups is 1. The van der Waals surface area contributed by atoms with E-state index in [1.807, 2.05) is 35.0 Å². The van der Waals surface area contributed by atoms with Crippen LogP contribution in [0.25, 0.3) is 0 Å². The first-order chi connectivity index (χ1) is 7.74. The molecule has 16 heavy (non-hydrogen) atoms. The lowest BCUT2D eigenvalue weighted by molar-refractivity contribution is -0.114. The van der Waals surface area contributed by atoms with Gasteiger partial charge in [-0.15, -0.1) is 0 Å². The predicted octanol–water partition coefficient (Wildman–Crippen LogP) is 1.89. The van der Waals surface area contributed by atoms with Gasteiger partial charge in [0.15, 0.2) is 0 Å². The van der Waals surface area contributed by atoms with Gasteiger partial charge in [0.05, 0.1) is 6.33 Å². The van der Waals surface area contributed by atoms with Crippen LogP contribution in [0.15, 0.2) is 43.0 Å². The van der Waals surface area contributed by atoms with Crippen molar-refractivity contribution in [2.45, 2.75) is 13.5 Å². The van der Waals surface area contributed by atoms with Crippen LogP contribution >= 0.6 is 0 Å². The Kier molecular flexibility index (Phi) is 3.00. The van der Waals surface area contributed by atoms with Crippen LogP contribution in [0.4, 0.5) is 5.69 Å². The average molecular weight is 215 g/mol. The molecule has 0 atom stereocenters. The fourth-order valence-corrected chi connectivity index (χ4v) is 1.49. The number of imidazole rings is 1. The first-order valence-corrected chi connectivity index (χ1v) is 5.06. The van der Waals surface area contributed by atoms with E-state index in [0.29, 0.717) is 0 Å². The molecule has 0 spiro atoms. The Morgan fingerprint density at radius 3 is 2.69 bits per heavy atom. The van der Waals surface area contributed by atoms with Crippen LogP contribution in [0.5, 0.6) is 0 Å². The Hall–Kier alpha value is -2.10. The van der Waals surface area contributed by atoms with Gasteiger partial charge in [-0.05, 0) is 17.7 Å². The summed E-state index contributed by atoms with van der Waals surface area (Å²) in [4.78, 5) is 14.8. The quantitative estimate of drug-likeness (QED) is 0.849. The van der Waals surface area contributed by atoms with Crippen molar-refractivity contribution in [2.75, 3.05) is 5.32 Å². The smallest absolute Gasteiger partial charge is 0.221 e. The molecule has 1 aromatic heterocycles. The summed E-state index contributed by atoms with van der Waals surface area (Å²) in [7, 11) is 0. The zero-order chi connectivity index (χ0) is 11.4. The third-order valence-corrected chi connectivity index (χ3v) is 2.20. The summed E-state index contributed by atoms with van der Waals surface area (Å²) >= 11 is 0. The lowest BCUT2D eigenvalue weighted by Gasteiger charge is -2.05. The number of aromatic nitrogens is 2. The summed E-state index contributed by atoms with van der Waals surface area (Å²) in [5.41, 5.74) is 1.99. The minimum absolute atomic E-state index is 0.0534. The molecular formula is C12H13N3O. The number of hydrogen-bond donors (Lipinski definition) is 1. The predicted molar refractivity (Wildman–Crippen MR) is 62.1 cm³/mol. The van der Waals surface area contributed by atoms with Crippen LogP contribution in [-0.2, 0) is 11.3 Å². The number of nitrogens with zero attached hydrogens (tertiary/aromatic N) is 2. The van der Waals surface area contributed by atoms with Gasteiger partial charge in [-0.1, -0.05) is 12.1 Å². The number of carbonyl (C=O) groups excluding carboxylic acids is 1. The van der Waals surface area contributed by atoms with Crippen molar-refractivity contribution in [2.24, 2.45) is 0 Å². The zero-order valence-corrected chi connectivity index (χ0v) is 9.05. The van der Waals surface area contributed by atoms with Crippen molar-refractivity contribution >= 4 is 11.6 Å². The highest BCUT2D eigenvalue weighted by atomic mass is 16.1. The lowest BCUT2D eigenvalue weighted by atomic mass is 10.2. The molecular weight excluding hydrogens is 202 g/mol. The van der Waals surface area contributed by atoms with Gasteiger partial charge in [0.2, 0.25) is 5.91 Å². The highest BCUT2D eigenvalue weighted by molar-refractivity contribution is 5.88. The number of nitrogens with one attached hydrogen (secondary N) is 1. The van der Waals surface area contributed by atoms with E-state index in [9.17, 15) is 4.79 Å². The van der Waals surface area contributed by atoms with Gasteiger partial charge in [-0.2, -0.15) is 0 Å². The molecule has 4 nitrogen and oxygen atoms in total. The summed E-state index contributed by atoms with van der Waals surface area (Å²) in [5.74, 6) is -0.0534. The number of hydrogen-bond acceptors (Lipinski definition) is 2. The molecule has 0 radical (unpaired) electrons. The fraction of sp³-hybridized carbons (Fsp3) is 0.167. The van der Waals surface area contributed by atoms with Crippen molar-refractivity contribution in [3.63, 3.8) is 0 Å². The average Bonchev–Trinajstić information content (AvgIpc) is 2.73. The van der Waals surface area contributed by atoms with E-state index in [1.165, 1.54) is 12.5 Å². The second-order valence-corrected chi connectivity index (χ2v) is 3.61. The van der Waals surface area contributed by atoms with E-state index in [4.69, 9.17) is 0 Å². The molecule has 0 aliphatic rings. The second kappa shape index (κ2) is 4.61. The van der Waals surface area contributed by atoms with Gasteiger partial charge in [-0.25, -0.2) is 4.98 Å². The molecule has 1 N–H and O–H groups in total. The fourth-order valence-electron chi connectivity index (χ4n) is 1.49. The van der Waals surface area contributed by atoms with Crippen LogP contribution in [0.1, 0.15) is 12.5 Å². The first-order valence-electron chi connectivity index (χ1n) is 5.06. The number of benzene rings is 1. The maximum absolute atomic E-state index is 10.8. The molecule has 1 aromatic carbocycles. The van der Waals surface area contributed by atoms with Crippen molar-refractivity contribution in [1.82, 2.24) is 9.55 Å². The van der Waals surface area contributed by atoms with Gasteiger partial charge in [0.1, 0.15) is 0 Å². The Bertz CT molecular complexity index is 460. The summed E-state index contributed by atoms with van der Waals surface area (Å²) in [6, 6.07) is 7.78. The van der Waals surface area contributed by atoms with Crippen LogP contribution in [0, 0.1) is 0 Å². The van der Waals surface area contributed by atoms with E-state index in [2.05, 4.69) is 10.3 Å². The van der Waals surface area contributed by atoms with Crippen molar-refractivity contribution in [3.8, 4) is 0 Å². The minimum Gasteiger partial charge on any atom is -0.333 e. The van der Waals surface area contributed by atoms with Gasteiger partial charge < -0.3 is 9.88 Å². The van der Waals surface area contributed by atoms with Crippen molar-refractivity contribution < 1.29 is 4.79 Å². The summed E-state index contributed by atoms with van der Waals surface area (Å²) < 4.78 is 1.99. The van der Waals surface area contributed by atoms with E-state index in [-0.39, 0.29) is 5.91 Å². The SMILES string of the molecule is CC(=O)Nc1ccc(Cn2ccnc2)cc1. The van der Waals surface area contributed by atoms with Crippen LogP contribution in [-0.4, -0.2) is 15.5 Å². The van der Waals surface area contributed by atoms with E-state index < -0.39 is 0 Å². The third kappa shape index (κ3) is 2.70. The highest BCUT2D eigenvalue weighted by Gasteiger charge is 1.97. The molecule has 0 aliphatic carbocycles. The Balaban J connectivity index is 2.05. The molecule has 0 saturated heterocycles. The largest absolute Gasteiger partial charge is 0.333 e. The number of rotatable bonds is 3. The molecule has 82 valence electrons. The normalized spacial score (nSPS) is 10.1. The van der Waals surface area contributed by atoms with Crippen molar-refractivity contribution in [3.05, 3.63) is 48.5 Å². The van der Waals surface area contributed by atoms with Crippen LogP contribution in [0.2, 0.25) is 0 Å². The van der Waals surface area contributed by atoms with E-state index in [0.717, 1.165) is 12.2 Å². The van der Waals surface area contributed by atoms with E-state index >= 15 is 0 Å². The Morgan fingerprint density at radius 2 is 2.12 bits per heavy atom. The van der Waals surface area contributed by atoms with Gasteiger partial charge >= 0.3 is 0 Å². The third-order valence-electron chi connectivity index (χ3n) is 2.20. The summed E-state index contributed by atoms with van der Waals surface area (Å²) in [6.07, 6.45) is 5.45. The van der Waals surface area contributed by atoms with Gasteiger partial charge in [-0.3, -0.25) is 4.79 Å². The first kappa shape index (κ1) is 10.4. The Morgan fingerprint density at radius 1 is 1.38 bits per heavy atom. The molecule has 0 unspecified atom stereocenters. The number of amides is 1. The van der Waals surface area contributed by atoms with Crippen molar-refractivity contribution in [1.29, 1.82) is 0 Å². The standard InChI is InChI=1S/C12H13N3O/c1-10(16)14-12-4-2-11(3-5-12)8-15-7-6-13-9-15/h2-7,9H,8H2,1H3,(H,14,16). The Labute approximate surface area is 93.9 Å². The summed E-state index contributed by atoms with van der Waals surface area (Å²) in [6.45, 7) is 2.29. The lowest BCUT2D eigenvalue weighted by Crippen LogP contribution is -2.05. The monoisotopic (exact) mass is 215 g/mol. The molecule has 0 fully saturated rings. The topological polar surface area (TPSA) is 46.9 Å². The minimum atomic E-state index is -0.0534. The molecule has 0 saturated carbocycles. The molecule has 1 heterocycles. The molecule has 1 amide bonds. The molecule has 0 aliphatic heterocycles. The molecule has 2 rings (SSSR count). The molecule has 0 bridgehead atoms. The van der Waals surface area contributed by atoms with Gasteiger partial charge in [0.25, 0.3) is 0 Å². The summed E-state index contributed by atoms with van der Waals surface area (Å²) in [5, 5.41) is 2.73. The maximum Gasteiger partial charge on any atom is 0.221 e. The van der Waals surface area contributed by atoms with Crippen LogP contribution < -0.4 is 5.32 Å². The second-order valence-electron chi connectivity index (χ2n) is 3.61. The van der Waals surface area contributed by atoms with E-state index in [1.54, 1.807) is 12.5 Å². The highest BCUT2D eigenvalue weighted by Crippen LogP contribution is 2.10. The molecule has 4 heteroatoms. The van der Waals surface area contributed by atoms with Gasteiger partial charge in [0, 0.05) is 31.5 Å². The maximum atomic E-state index is 10.8.